The zero-order valence-corrected chi connectivity index (χ0v) is 25.7. The molecule has 0 spiro atoms. The molecular formula is C31H38ClN3O5S. The Labute approximate surface area is 248 Å². The van der Waals surface area contributed by atoms with Gasteiger partial charge in [0.2, 0.25) is 11.8 Å². The number of nitrogens with zero attached hydrogens (tertiary/aromatic N) is 2. The van der Waals surface area contributed by atoms with Gasteiger partial charge in [0.05, 0.1) is 22.7 Å². The molecule has 0 unspecified atom stereocenters. The van der Waals surface area contributed by atoms with Crippen LogP contribution < -0.4 is 14.4 Å². The quantitative estimate of drug-likeness (QED) is 0.290. The number of hydrogen-bond donors (Lipinski definition) is 1. The number of nitrogens with one attached hydrogen (secondary N) is 1. The Balaban J connectivity index is 2.05. The first-order chi connectivity index (χ1) is 19.5. The summed E-state index contributed by atoms with van der Waals surface area (Å²) >= 11 is 6.38. The van der Waals surface area contributed by atoms with Crippen molar-refractivity contribution in [1.82, 2.24) is 10.2 Å². The van der Waals surface area contributed by atoms with Crippen LogP contribution in [0.25, 0.3) is 0 Å². The summed E-state index contributed by atoms with van der Waals surface area (Å²) in [4.78, 5) is 28.8. The highest BCUT2D eigenvalue weighted by atomic mass is 35.5. The Morgan fingerprint density at radius 2 is 1.66 bits per heavy atom. The number of amides is 2. The predicted molar refractivity (Wildman–Crippen MR) is 163 cm³/mol. The molecule has 3 aromatic rings. The minimum absolute atomic E-state index is 0.0308. The highest BCUT2D eigenvalue weighted by Crippen LogP contribution is 2.32. The van der Waals surface area contributed by atoms with Crippen molar-refractivity contribution in [2.45, 2.75) is 57.5 Å². The summed E-state index contributed by atoms with van der Waals surface area (Å²) in [5, 5.41) is 3.10. The van der Waals surface area contributed by atoms with E-state index in [1.807, 2.05) is 58.0 Å². The van der Waals surface area contributed by atoms with Crippen molar-refractivity contribution < 1.29 is 22.7 Å². The number of carbonyl (C=O) groups is 2. The van der Waals surface area contributed by atoms with E-state index >= 15 is 0 Å². The Morgan fingerprint density at radius 1 is 1.00 bits per heavy atom. The van der Waals surface area contributed by atoms with Crippen molar-refractivity contribution in [2.75, 3.05) is 24.5 Å². The van der Waals surface area contributed by atoms with Crippen molar-refractivity contribution >= 4 is 39.1 Å². The number of methoxy groups -OCH3 is 1. The fraction of sp³-hybridized carbons (Fsp3) is 0.355. The summed E-state index contributed by atoms with van der Waals surface area (Å²) in [5.41, 5.74) is 2.09. The number of hydrogen-bond acceptors (Lipinski definition) is 5. The number of rotatable bonds is 13. The van der Waals surface area contributed by atoms with Gasteiger partial charge in [-0.05, 0) is 69.5 Å². The third-order valence-corrected chi connectivity index (χ3v) is 8.70. The molecule has 0 bridgehead atoms. The number of halogens is 1. The summed E-state index contributed by atoms with van der Waals surface area (Å²) < 4.78 is 34.2. The zero-order chi connectivity index (χ0) is 30.2. The molecule has 220 valence electrons. The third-order valence-electron chi connectivity index (χ3n) is 6.61. The van der Waals surface area contributed by atoms with Gasteiger partial charge in [0.25, 0.3) is 10.0 Å². The van der Waals surface area contributed by atoms with Gasteiger partial charge < -0.3 is 15.0 Å². The van der Waals surface area contributed by atoms with Crippen molar-refractivity contribution in [1.29, 1.82) is 0 Å². The van der Waals surface area contributed by atoms with Crippen molar-refractivity contribution in [3.8, 4) is 5.75 Å². The normalized spacial score (nSPS) is 12.1. The van der Waals surface area contributed by atoms with E-state index in [2.05, 4.69) is 5.32 Å². The average Bonchev–Trinajstić information content (AvgIpc) is 2.94. The van der Waals surface area contributed by atoms with Gasteiger partial charge in [-0.1, -0.05) is 66.6 Å². The van der Waals surface area contributed by atoms with Crippen LogP contribution in [0.2, 0.25) is 5.02 Å². The molecule has 8 nitrogen and oxygen atoms in total. The molecule has 0 aliphatic carbocycles. The maximum absolute atomic E-state index is 14.1. The molecule has 0 saturated carbocycles. The summed E-state index contributed by atoms with van der Waals surface area (Å²) in [6.07, 6.45) is 0.856. The molecule has 0 fully saturated rings. The lowest BCUT2D eigenvalue weighted by Crippen LogP contribution is -2.54. The van der Waals surface area contributed by atoms with E-state index in [4.69, 9.17) is 16.3 Å². The van der Waals surface area contributed by atoms with Crippen molar-refractivity contribution in [3.05, 3.63) is 88.9 Å². The van der Waals surface area contributed by atoms with Gasteiger partial charge in [-0.15, -0.1) is 0 Å². The van der Waals surface area contributed by atoms with Gasteiger partial charge in [-0.2, -0.15) is 0 Å². The van der Waals surface area contributed by atoms with Crippen LogP contribution in [-0.4, -0.2) is 57.4 Å². The number of carbonyl (C=O) groups excluding carboxylic acids is 2. The first-order valence-electron chi connectivity index (χ1n) is 13.5. The van der Waals surface area contributed by atoms with Gasteiger partial charge in [0, 0.05) is 12.6 Å². The van der Waals surface area contributed by atoms with E-state index < -0.39 is 28.5 Å². The molecular weight excluding hydrogens is 562 g/mol. The minimum atomic E-state index is -4.19. The third kappa shape index (κ3) is 8.24. The molecule has 1 atom stereocenters. The topological polar surface area (TPSA) is 96.0 Å². The Hall–Kier alpha value is -3.56. The molecule has 0 aromatic heterocycles. The largest absolute Gasteiger partial charge is 0.495 e. The first kappa shape index (κ1) is 32.0. The van der Waals surface area contributed by atoms with E-state index in [0.29, 0.717) is 18.6 Å². The minimum Gasteiger partial charge on any atom is -0.495 e. The molecule has 0 aliphatic heterocycles. The summed E-state index contributed by atoms with van der Waals surface area (Å²) in [6, 6.07) is 19.7. The number of sulfonamides is 1. The van der Waals surface area contributed by atoms with Crippen molar-refractivity contribution in [2.24, 2.45) is 0 Å². The van der Waals surface area contributed by atoms with E-state index in [9.17, 15) is 18.0 Å². The molecule has 10 heteroatoms. The lowest BCUT2D eigenvalue weighted by atomic mass is 10.1. The fourth-order valence-corrected chi connectivity index (χ4v) is 6.11. The SMILES string of the molecule is CC[C@@H](C(=O)NC(C)C)N(CCc1ccccc1)C(=O)CN(c1ccc(OC)c(Cl)c1)S(=O)(=O)c1ccc(C)cc1. The van der Waals surface area contributed by atoms with Gasteiger partial charge in [0.1, 0.15) is 18.3 Å². The molecule has 0 radical (unpaired) electrons. The van der Waals surface area contributed by atoms with Crippen LogP contribution in [0.1, 0.15) is 38.3 Å². The van der Waals surface area contributed by atoms with Gasteiger partial charge in [-0.3, -0.25) is 13.9 Å². The summed E-state index contributed by atoms with van der Waals surface area (Å²) in [7, 11) is -2.73. The highest BCUT2D eigenvalue weighted by molar-refractivity contribution is 7.92. The van der Waals surface area contributed by atoms with E-state index in [0.717, 1.165) is 15.4 Å². The van der Waals surface area contributed by atoms with Crippen molar-refractivity contribution in [3.63, 3.8) is 0 Å². The standard InChI is InChI=1S/C31H38ClN3O5S/c1-6-28(31(37)33-22(2)3)34(19-18-24-10-8-7-9-11-24)30(36)21-35(25-14-17-29(40-5)27(32)20-25)41(38,39)26-15-12-23(4)13-16-26/h7-17,20,22,28H,6,18-19,21H2,1-5H3,(H,33,37)/t28-/m0/s1. The predicted octanol–water partition coefficient (Wildman–Crippen LogP) is 5.23. The zero-order valence-electron chi connectivity index (χ0n) is 24.1. The number of ether oxygens (including phenoxy) is 1. The van der Waals surface area contributed by atoms with Crippen LogP contribution in [0.15, 0.2) is 77.7 Å². The second-order valence-electron chi connectivity index (χ2n) is 10.1. The highest BCUT2D eigenvalue weighted by Gasteiger charge is 2.33. The van der Waals surface area contributed by atoms with Gasteiger partial charge >= 0.3 is 0 Å². The van der Waals surface area contributed by atoms with E-state index in [1.54, 1.807) is 24.3 Å². The molecule has 1 N–H and O–H groups in total. The molecule has 0 saturated heterocycles. The monoisotopic (exact) mass is 599 g/mol. The number of aryl methyl sites for hydroxylation is 1. The smallest absolute Gasteiger partial charge is 0.264 e. The Kier molecular flexibility index (Phi) is 11.2. The molecule has 0 heterocycles. The molecule has 2 amide bonds. The molecule has 3 aromatic carbocycles. The maximum Gasteiger partial charge on any atom is 0.264 e. The van der Waals surface area contributed by atoms with Crippen LogP contribution in [0.4, 0.5) is 5.69 Å². The van der Waals surface area contributed by atoms with E-state index in [1.165, 1.54) is 30.2 Å². The second kappa shape index (κ2) is 14.4. The molecule has 41 heavy (non-hydrogen) atoms. The van der Waals surface area contributed by atoms with Crippen LogP contribution >= 0.6 is 11.6 Å². The van der Waals surface area contributed by atoms with Crippen LogP contribution in [-0.2, 0) is 26.0 Å². The van der Waals surface area contributed by atoms with Crippen LogP contribution in [0, 0.1) is 6.92 Å². The lowest BCUT2D eigenvalue weighted by Gasteiger charge is -2.33. The summed E-state index contributed by atoms with van der Waals surface area (Å²) in [5.74, 6) is -0.422. The van der Waals surface area contributed by atoms with Gasteiger partial charge in [0.15, 0.2) is 0 Å². The Bertz CT molecular complexity index is 1430. The maximum atomic E-state index is 14.1. The average molecular weight is 600 g/mol. The van der Waals surface area contributed by atoms with Gasteiger partial charge in [-0.25, -0.2) is 8.42 Å². The van der Waals surface area contributed by atoms with Crippen LogP contribution in [0.3, 0.4) is 0 Å². The Morgan fingerprint density at radius 3 is 2.22 bits per heavy atom. The number of anilines is 1. The van der Waals surface area contributed by atoms with Crippen LogP contribution in [0.5, 0.6) is 5.75 Å². The first-order valence-corrected chi connectivity index (χ1v) is 15.4. The molecule has 3 rings (SSSR count). The number of benzene rings is 3. The fourth-order valence-electron chi connectivity index (χ4n) is 4.45. The molecule has 0 aliphatic rings. The summed E-state index contributed by atoms with van der Waals surface area (Å²) in [6.45, 7) is 7.10. The lowest BCUT2D eigenvalue weighted by molar-refractivity contribution is -0.139. The van der Waals surface area contributed by atoms with E-state index in [-0.39, 0.29) is 34.1 Å². The second-order valence-corrected chi connectivity index (χ2v) is 12.3.